The molecule has 7 nitrogen and oxygen atoms in total. The van der Waals surface area contributed by atoms with Crippen molar-refractivity contribution in [3.8, 4) is 33.5 Å². The maximum atomic E-state index is 5.47. The second kappa shape index (κ2) is 8.29. The Hall–Kier alpha value is -3.17. The van der Waals surface area contributed by atoms with E-state index in [0.717, 1.165) is 44.3 Å². The van der Waals surface area contributed by atoms with E-state index in [2.05, 4.69) is 27.1 Å². The van der Waals surface area contributed by atoms with Gasteiger partial charge in [-0.05, 0) is 30.3 Å². The number of fused-ring (bicyclic) bond motifs is 1. The van der Waals surface area contributed by atoms with Crippen LogP contribution < -0.4 is 9.47 Å². The summed E-state index contributed by atoms with van der Waals surface area (Å²) >= 11 is 3.22. The highest BCUT2D eigenvalue weighted by molar-refractivity contribution is 7.98. The van der Waals surface area contributed by atoms with Crippen molar-refractivity contribution in [1.29, 1.82) is 0 Å². The molecular weight excluding hydrogens is 418 g/mol. The first-order valence-electron chi connectivity index (χ1n) is 9.23. The smallest absolute Gasteiger partial charge is 0.231 e. The Balaban J connectivity index is 1.33. The highest BCUT2D eigenvalue weighted by Crippen LogP contribution is 2.37. The Morgan fingerprint density at radius 3 is 2.97 bits per heavy atom. The minimum absolute atomic E-state index is 0.269. The van der Waals surface area contributed by atoms with Gasteiger partial charge in [0, 0.05) is 41.2 Å². The van der Waals surface area contributed by atoms with Crippen LogP contribution >= 0.6 is 23.1 Å². The van der Waals surface area contributed by atoms with Crippen LogP contribution in [0.3, 0.4) is 0 Å². The number of thioether (sulfide) groups is 1. The van der Waals surface area contributed by atoms with Crippen molar-refractivity contribution in [3.63, 3.8) is 0 Å². The number of rotatable bonds is 7. The van der Waals surface area contributed by atoms with Gasteiger partial charge in [-0.25, -0.2) is 4.98 Å². The summed E-state index contributed by atoms with van der Waals surface area (Å²) in [6.45, 7) is 4.75. The largest absolute Gasteiger partial charge is 0.454 e. The summed E-state index contributed by atoms with van der Waals surface area (Å²) in [6, 6.07) is 9.76. The van der Waals surface area contributed by atoms with Gasteiger partial charge in [0.1, 0.15) is 5.01 Å². The summed E-state index contributed by atoms with van der Waals surface area (Å²) in [5.74, 6) is 3.02. The molecule has 4 aromatic rings. The molecule has 0 saturated heterocycles. The lowest BCUT2D eigenvalue weighted by Crippen LogP contribution is -2.01. The fourth-order valence-corrected chi connectivity index (χ4v) is 4.83. The standard InChI is InChI=1S/C21H17N5O2S2/c1-2-8-26-19(15-4-3-7-22-10-15)24-25-21(26)30-12-16-11-29-20(23-16)14-5-6-17-18(9-14)28-13-27-17/h2-7,9-11H,1,8,12-13H2. The van der Waals surface area contributed by atoms with Crippen molar-refractivity contribution in [2.75, 3.05) is 6.79 Å². The van der Waals surface area contributed by atoms with Gasteiger partial charge >= 0.3 is 0 Å². The predicted molar refractivity (Wildman–Crippen MR) is 117 cm³/mol. The summed E-state index contributed by atoms with van der Waals surface area (Å²) in [5.41, 5.74) is 2.94. The van der Waals surface area contributed by atoms with Crippen LogP contribution in [0, 0.1) is 0 Å². The topological polar surface area (TPSA) is 75.0 Å². The Morgan fingerprint density at radius 1 is 1.17 bits per heavy atom. The van der Waals surface area contributed by atoms with Gasteiger partial charge in [0.2, 0.25) is 6.79 Å². The van der Waals surface area contributed by atoms with Crippen LogP contribution in [0.25, 0.3) is 22.0 Å². The van der Waals surface area contributed by atoms with E-state index in [-0.39, 0.29) is 6.79 Å². The number of allylic oxidation sites excluding steroid dienone is 1. The Kier molecular flexibility index (Phi) is 5.20. The maximum absolute atomic E-state index is 5.47. The first kappa shape index (κ1) is 18.8. The summed E-state index contributed by atoms with van der Waals surface area (Å²) in [6.07, 6.45) is 5.37. The van der Waals surface area contributed by atoms with Gasteiger partial charge in [-0.3, -0.25) is 9.55 Å². The lowest BCUT2D eigenvalue weighted by atomic mass is 10.2. The second-order valence-electron chi connectivity index (χ2n) is 6.45. The van der Waals surface area contributed by atoms with Crippen LogP contribution in [0.5, 0.6) is 11.5 Å². The normalized spacial score (nSPS) is 12.3. The van der Waals surface area contributed by atoms with Crippen molar-refractivity contribution in [2.45, 2.75) is 17.5 Å². The zero-order valence-electron chi connectivity index (χ0n) is 15.9. The van der Waals surface area contributed by atoms with Crippen molar-refractivity contribution in [1.82, 2.24) is 24.7 Å². The quantitative estimate of drug-likeness (QED) is 0.308. The van der Waals surface area contributed by atoms with E-state index in [1.54, 1.807) is 35.5 Å². The minimum Gasteiger partial charge on any atom is -0.454 e. The molecule has 0 radical (unpaired) electrons. The lowest BCUT2D eigenvalue weighted by Gasteiger charge is -2.06. The number of ether oxygens (including phenoxy) is 2. The summed E-state index contributed by atoms with van der Waals surface area (Å²) in [7, 11) is 0. The predicted octanol–water partition coefficient (Wildman–Crippen LogP) is 4.67. The van der Waals surface area contributed by atoms with Gasteiger partial charge in [-0.2, -0.15) is 0 Å². The van der Waals surface area contributed by atoms with E-state index in [0.29, 0.717) is 12.3 Å². The molecule has 1 aliphatic heterocycles. The zero-order valence-corrected chi connectivity index (χ0v) is 17.5. The van der Waals surface area contributed by atoms with Crippen molar-refractivity contribution in [3.05, 3.63) is 66.5 Å². The Bertz CT molecular complexity index is 1190. The summed E-state index contributed by atoms with van der Waals surface area (Å²) in [4.78, 5) is 8.95. The number of thiazole rings is 1. The average Bonchev–Trinajstić information content (AvgIpc) is 3.52. The molecule has 0 fully saturated rings. The van der Waals surface area contributed by atoms with Gasteiger partial charge in [-0.1, -0.05) is 17.8 Å². The molecule has 0 saturated carbocycles. The fraction of sp³-hybridized carbons (Fsp3) is 0.143. The molecular formula is C21H17N5O2S2. The molecule has 1 aliphatic rings. The Labute approximate surface area is 181 Å². The van der Waals surface area contributed by atoms with Gasteiger partial charge in [0.25, 0.3) is 0 Å². The van der Waals surface area contributed by atoms with Gasteiger partial charge in [0.05, 0.1) is 5.69 Å². The van der Waals surface area contributed by atoms with E-state index < -0.39 is 0 Å². The molecule has 0 aliphatic carbocycles. The number of aromatic nitrogens is 5. The van der Waals surface area contributed by atoms with Crippen LogP contribution in [-0.4, -0.2) is 31.5 Å². The van der Waals surface area contributed by atoms with E-state index in [4.69, 9.17) is 14.5 Å². The molecule has 0 spiro atoms. The van der Waals surface area contributed by atoms with E-state index in [9.17, 15) is 0 Å². The third kappa shape index (κ3) is 3.69. The number of pyridine rings is 1. The maximum Gasteiger partial charge on any atom is 0.231 e. The number of hydrogen-bond acceptors (Lipinski definition) is 8. The van der Waals surface area contributed by atoms with Crippen LogP contribution in [0.2, 0.25) is 0 Å². The highest BCUT2D eigenvalue weighted by atomic mass is 32.2. The van der Waals surface area contributed by atoms with Gasteiger partial charge < -0.3 is 9.47 Å². The second-order valence-corrected chi connectivity index (χ2v) is 8.25. The van der Waals surface area contributed by atoms with Crippen LogP contribution in [-0.2, 0) is 12.3 Å². The molecule has 0 amide bonds. The summed E-state index contributed by atoms with van der Waals surface area (Å²) in [5, 5.41) is 12.6. The zero-order chi connectivity index (χ0) is 20.3. The van der Waals surface area contributed by atoms with Crippen molar-refractivity contribution < 1.29 is 9.47 Å². The summed E-state index contributed by atoms with van der Waals surface area (Å²) < 4.78 is 12.9. The van der Waals surface area contributed by atoms with Gasteiger partial charge in [0.15, 0.2) is 22.5 Å². The molecule has 0 atom stereocenters. The number of nitrogens with zero attached hydrogens (tertiary/aromatic N) is 5. The first-order chi connectivity index (χ1) is 14.8. The van der Waals surface area contributed by atoms with Crippen molar-refractivity contribution in [2.24, 2.45) is 0 Å². The van der Waals surface area contributed by atoms with Crippen LogP contribution in [0.4, 0.5) is 0 Å². The molecule has 5 rings (SSSR count). The molecule has 0 N–H and O–H groups in total. The lowest BCUT2D eigenvalue weighted by molar-refractivity contribution is 0.174. The minimum atomic E-state index is 0.269. The van der Waals surface area contributed by atoms with Gasteiger partial charge in [-0.15, -0.1) is 28.1 Å². The molecule has 30 heavy (non-hydrogen) atoms. The molecule has 0 unspecified atom stereocenters. The molecule has 150 valence electrons. The molecule has 9 heteroatoms. The van der Waals surface area contributed by atoms with Crippen molar-refractivity contribution >= 4 is 23.1 Å². The number of benzene rings is 1. The highest BCUT2D eigenvalue weighted by Gasteiger charge is 2.17. The monoisotopic (exact) mass is 435 g/mol. The number of hydrogen-bond donors (Lipinski definition) is 0. The average molecular weight is 436 g/mol. The molecule has 3 aromatic heterocycles. The molecule has 4 heterocycles. The molecule has 0 bridgehead atoms. The van der Waals surface area contributed by atoms with E-state index >= 15 is 0 Å². The third-order valence-corrected chi connectivity index (χ3v) is 6.41. The SMILES string of the molecule is C=CCn1c(SCc2csc(-c3ccc4c(c3)OCO4)n2)nnc1-c1cccnc1. The first-order valence-corrected chi connectivity index (χ1v) is 11.1. The third-order valence-electron chi connectivity index (χ3n) is 4.47. The van der Waals surface area contributed by atoms with E-state index in [1.807, 2.05) is 41.0 Å². The van der Waals surface area contributed by atoms with E-state index in [1.165, 1.54) is 0 Å². The molecule has 1 aromatic carbocycles. The fourth-order valence-electron chi connectivity index (χ4n) is 3.07. The van der Waals surface area contributed by atoms with Crippen LogP contribution in [0.15, 0.2) is 65.9 Å². The van der Waals surface area contributed by atoms with Crippen LogP contribution in [0.1, 0.15) is 5.69 Å². The Morgan fingerprint density at radius 2 is 2.10 bits per heavy atom.